The highest BCUT2D eigenvalue weighted by molar-refractivity contribution is 5.85. The molecule has 2 aromatic rings. The van der Waals surface area contributed by atoms with E-state index in [1.807, 2.05) is 24.3 Å². The molecule has 1 saturated heterocycles. The van der Waals surface area contributed by atoms with Crippen molar-refractivity contribution in [2.24, 2.45) is 0 Å². The van der Waals surface area contributed by atoms with Crippen LogP contribution in [0.4, 0.5) is 0 Å². The first-order chi connectivity index (χ1) is 9.34. The second kappa shape index (κ2) is 5.72. The van der Waals surface area contributed by atoms with Crippen LogP contribution in [0.2, 0.25) is 0 Å². The van der Waals surface area contributed by atoms with Crippen molar-refractivity contribution in [1.82, 2.24) is 0 Å². The molecule has 1 aliphatic heterocycles. The van der Waals surface area contributed by atoms with E-state index in [2.05, 4.69) is 18.2 Å². The van der Waals surface area contributed by atoms with Crippen molar-refractivity contribution in [2.45, 2.75) is 37.9 Å². The van der Waals surface area contributed by atoms with Gasteiger partial charge in [0, 0.05) is 13.0 Å². The smallest absolute Gasteiger partial charge is 0.0820 e. The molecule has 0 bridgehead atoms. The minimum absolute atomic E-state index is 0.211. The van der Waals surface area contributed by atoms with Crippen molar-refractivity contribution in [1.29, 1.82) is 0 Å². The Morgan fingerprint density at radius 1 is 1.11 bits per heavy atom. The molecule has 1 heterocycles. The summed E-state index contributed by atoms with van der Waals surface area (Å²) in [5.41, 5.74) is 1.02. The number of benzene rings is 2. The Hall–Kier alpha value is -1.38. The van der Waals surface area contributed by atoms with Crippen molar-refractivity contribution in [3.05, 3.63) is 48.0 Å². The highest BCUT2D eigenvalue weighted by Crippen LogP contribution is 2.29. The number of aliphatic hydroxyl groups is 1. The summed E-state index contributed by atoms with van der Waals surface area (Å²) in [5, 5.41) is 12.8. The van der Waals surface area contributed by atoms with E-state index in [9.17, 15) is 5.11 Å². The molecule has 2 aromatic carbocycles. The fourth-order valence-electron chi connectivity index (χ4n) is 2.91. The van der Waals surface area contributed by atoms with Crippen LogP contribution < -0.4 is 0 Å². The molecule has 0 amide bonds. The molecule has 2 atom stereocenters. The van der Waals surface area contributed by atoms with Gasteiger partial charge in [-0.15, -0.1) is 0 Å². The monoisotopic (exact) mass is 256 g/mol. The first kappa shape index (κ1) is 12.6. The van der Waals surface area contributed by atoms with Gasteiger partial charge in [-0.1, -0.05) is 42.5 Å². The van der Waals surface area contributed by atoms with Crippen LogP contribution in [0.5, 0.6) is 0 Å². The minimum Gasteiger partial charge on any atom is -0.388 e. The summed E-state index contributed by atoms with van der Waals surface area (Å²) in [6.45, 7) is 0.840. The van der Waals surface area contributed by atoms with E-state index < -0.39 is 6.10 Å². The molecule has 19 heavy (non-hydrogen) atoms. The van der Waals surface area contributed by atoms with Gasteiger partial charge in [-0.05, 0) is 35.6 Å². The third-order valence-electron chi connectivity index (χ3n) is 3.94. The molecule has 0 aromatic heterocycles. The summed E-state index contributed by atoms with van der Waals surface area (Å²) in [6.07, 6.45) is 3.92. The van der Waals surface area contributed by atoms with E-state index in [1.54, 1.807) is 0 Å². The van der Waals surface area contributed by atoms with Gasteiger partial charge in [-0.25, -0.2) is 0 Å². The van der Waals surface area contributed by atoms with Gasteiger partial charge in [-0.2, -0.15) is 0 Å². The third kappa shape index (κ3) is 2.80. The van der Waals surface area contributed by atoms with Crippen molar-refractivity contribution in [2.75, 3.05) is 6.61 Å². The Morgan fingerprint density at radius 3 is 2.79 bits per heavy atom. The lowest BCUT2D eigenvalue weighted by atomic mass is 9.95. The first-order valence-corrected chi connectivity index (χ1v) is 7.12. The Kier molecular flexibility index (Phi) is 3.81. The van der Waals surface area contributed by atoms with Gasteiger partial charge in [0.05, 0.1) is 12.2 Å². The van der Waals surface area contributed by atoms with Gasteiger partial charge in [0.1, 0.15) is 0 Å². The Balaban J connectivity index is 1.82. The Labute approximate surface area is 114 Å². The first-order valence-electron chi connectivity index (χ1n) is 7.12. The number of rotatable bonds is 3. The van der Waals surface area contributed by atoms with E-state index in [4.69, 9.17) is 4.74 Å². The summed E-state index contributed by atoms with van der Waals surface area (Å²) >= 11 is 0. The SMILES string of the molecule is OC(CC1CCCCO1)c1cccc2ccccc12. The molecule has 1 aliphatic rings. The number of hydrogen-bond donors (Lipinski definition) is 1. The zero-order valence-electron chi connectivity index (χ0n) is 11.1. The van der Waals surface area contributed by atoms with Gasteiger partial charge in [0.15, 0.2) is 0 Å². The highest BCUT2D eigenvalue weighted by atomic mass is 16.5. The molecule has 0 radical (unpaired) electrons. The van der Waals surface area contributed by atoms with Gasteiger partial charge in [0.25, 0.3) is 0 Å². The van der Waals surface area contributed by atoms with Crippen molar-refractivity contribution < 1.29 is 9.84 Å². The molecule has 2 nitrogen and oxygen atoms in total. The lowest BCUT2D eigenvalue weighted by Gasteiger charge is -2.25. The maximum atomic E-state index is 10.5. The van der Waals surface area contributed by atoms with Crippen LogP contribution in [0.25, 0.3) is 10.8 Å². The van der Waals surface area contributed by atoms with Crippen LogP contribution in [0.1, 0.15) is 37.4 Å². The fraction of sp³-hybridized carbons (Fsp3) is 0.412. The zero-order valence-corrected chi connectivity index (χ0v) is 11.1. The maximum absolute atomic E-state index is 10.5. The summed E-state index contributed by atoms with van der Waals surface area (Å²) in [6, 6.07) is 14.3. The average Bonchev–Trinajstić information content (AvgIpc) is 2.47. The summed E-state index contributed by atoms with van der Waals surface area (Å²) in [5.74, 6) is 0. The zero-order chi connectivity index (χ0) is 13.1. The molecule has 0 aliphatic carbocycles. The lowest BCUT2D eigenvalue weighted by molar-refractivity contribution is -0.0152. The van der Waals surface area contributed by atoms with E-state index in [0.29, 0.717) is 6.42 Å². The molecular formula is C17H20O2. The largest absolute Gasteiger partial charge is 0.388 e. The molecule has 2 unspecified atom stereocenters. The molecule has 2 heteroatoms. The van der Waals surface area contributed by atoms with Crippen LogP contribution >= 0.6 is 0 Å². The minimum atomic E-state index is -0.436. The van der Waals surface area contributed by atoms with E-state index in [-0.39, 0.29) is 6.10 Å². The molecule has 1 fully saturated rings. The van der Waals surface area contributed by atoms with Crippen LogP contribution in [0, 0.1) is 0 Å². The summed E-state index contributed by atoms with van der Waals surface area (Å²) in [4.78, 5) is 0. The number of ether oxygens (including phenoxy) is 1. The highest BCUT2D eigenvalue weighted by Gasteiger charge is 2.20. The quantitative estimate of drug-likeness (QED) is 0.904. The molecule has 0 spiro atoms. The van der Waals surface area contributed by atoms with E-state index in [1.165, 1.54) is 11.8 Å². The second-order valence-corrected chi connectivity index (χ2v) is 5.31. The molecular weight excluding hydrogens is 236 g/mol. The average molecular weight is 256 g/mol. The fourth-order valence-corrected chi connectivity index (χ4v) is 2.91. The van der Waals surface area contributed by atoms with Gasteiger partial charge in [0.2, 0.25) is 0 Å². The van der Waals surface area contributed by atoms with Crippen molar-refractivity contribution in [3.63, 3.8) is 0 Å². The van der Waals surface area contributed by atoms with Gasteiger partial charge < -0.3 is 9.84 Å². The normalized spacial score (nSPS) is 21.4. The van der Waals surface area contributed by atoms with Crippen LogP contribution in [-0.2, 0) is 4.74 Å². The summed E-state index contributed by atoms with van der Waals surface area (Å²) in [7, 11) is 0. The van der Waals surface area contributed by atoms with E-state index >= 15 is 0 Å². The predicted molar refractivity (Wildman–Crippen MR) is 77.1 cm³/mol. The maximum Gasteiger partial charge on any atom is 0.0820 e. The number of fused-ring (bicyclic) bond motifs is 1. The van der Waals surface area contributed by atoms with Crippen LogP contribution in [-0.4, -0.2) is 17.8 Å². The van der Waals surface area contributed by atoms with Crippen molar-refractivity contribution in [3.8, 4) is 0 Å². The predicted octanol–water partition coefficient (Wildman–Crippen LogP) is 3.83. The molecule has 100 valence electrons. The van der Waals surface area contributed by atoms with Crippen molar-refractivity contribution >= 4 is 10.8 Å². The number of aliphatic hydroxyl groups excluding tert-OH is 1. The van der Waals surface area contributed by atoms with Gasteiger partial charge in [-0.3, -0.25) is 0 Å². The lowest BCUT2D eigenvalue weighted by Crippen LogP contribution is -2.21. The Bertz CT molecular complexity index is 538. The van der Waals surface area contributed by atoms with Gasteiger partial charge >= 0.3 is 0 Å². The standard InChI is InChI=1S/C17H20O2/c18-17(12-14-8-3-4-11-19-14)16-10-5-7-13-6-1-2-9-15(13)16/h1-2,5-7,9-10,14,17-18H,3-4,8,11-12H2. The molecule has 0 saturated carbocycles. The van der Waals surface area contributed by atoms with Crippen LogP contribution in [0.15, 0.2) is 42.5 Å². The molecule has 1 N–H and O–H groups in total. The van der Waals surface area contributed by atoms with Crippen LogP contribution in [0.3, 0.4) is 0 Å². The number of hydrogen-bond acceptors (Lipinski definition) is 2. The Morgan fingerprint density at radius 2 is 1.95 bits per heavy atom. The third-order valence-corrected chi connectivity index (χ3v) is 3.94. The van der Waals surface area contributed by atoms with E-state index in [0.717, 1.165) is 30.4 Å². The second-order valence-electron chi connectivity index (χ2n) is 5.31. The molecule has 3 rings (SSSR count). The topological polar surface area (TPSA) is 29.5 Å². The summed E-state index contributed by atoms with van der Waals surface area (Å²) < 4.78 is 5.72.